The number of rotatable bonds is 6. The van der Waals surface area contributed by atoms with Crippen molar-refractivity contribution in [3.63, 3.8) is 0 Å². The second-order valence-corrected chi connectivity index (χ2v) is 4.52. The van der Waals surface area contributed by atoms with E-state index in [0.717, 1.165) is 6.42 Å². The number of amides is 1. The van der Waals surface area contributed by atoms with Gasteiger partial charge in [0.05, 0.1) is 6.61 Å². The van der Waals surface area contributed by atoms with Crippen molar-refractivity contribution >= 4 is 11.6 Å². The Bertz CT molecular complexity index is 417. The second kappa shape index (κ2) is 7.09. The first kappa shape index (κ1) is 15.4. The van der Waals surface area contributed by atoms with Gasteiger partial charge < -0.3 is 15.4 Å². The molecule has 0 heterocycles. The monoisotopic (exact) mass is 268 g/mol. The van der Waals surface area contributed by atoms with E-state index in [1.54, 1.807) is 12.0 Å². The highest BCUT2D eigenvalue weighted by molar-refractivity contribution is 5.95. The van der Waals surface area contributed by atoms with Gasteiger partial charge in [0.1, 0.15) is 5.82 Å². The summed E-state index contributed by atoms with van der Waals surface area (Å²) in [5.41, 5.74) is 6.09. The molecule has 0 radical (unpaired) electrons. The number of methoxy groups -OCH3 is 1. The summed E-state index contributed by atoms with van der Waals surface area (Å²) >= 11 is 0. The average Bonchev–Trinajstić information content (AvgIpc) is 2.37. The van der Waals surface area contributed by atoms with Crippen LogP contribution in [0, 0.1) is 5.82 Å². The fourth-order valence-corrected chi connectivity index (χ4v) is 1.83. The second-order valence-electron chi connectivity index (χ2n) is 4.52. The molecule has 0 aliphatic rings. The first-order chi connectivity index (χ1) is 8.99. The van der Waals surface area contributed by atoms with Crippen LogP contribution < -0.4 is 5.73 Å². The number of hydrogen-bond acceptors (Lipinski definition) is 3. The van der Waals surface area contributed by atoms with E-state index in [2.05, 4.69) is 0 Å². The van der Waals surface area contributed by atoms with Gasteiger partial charge in [-0.1, -0.05) is 6.92 Å². The molecule has 0 saturated carbocycles. The smallest absolute Gasteiger partial charge is 0.254 e. The standard InChI is InChI=1S/C14H21FN2O2/c1-4-10(2)17(5-6-19-3)14(18)11-7-12(15)9-13(16)8-11/h7-10H,4-6,16H2,1-3H3. The summed E-state index contributed by atoms with van der Waals surface area (Å²) in [6, 6.07) is 3.96. The maximum absolute atomic E-state index is 13.3. The van der Waals surface area contributed by atoms with Crippen molar-refractivity contribution < 1.29 is 13.9 Å². The molecule has 0 aliphatic carbocycles. The zero-order chi connectivity index (χ0) is 14.4. The Morgan fingerprint density at radius 2 is 2.16 bits per heavy atom. The predicted octanol–water partition coefficient (Wildman–Crippen LogP) is 2.29. The molecule has 5 heteroatoms. The molecule has 1 rings (SSSR count). The summed E-state index contributed by atoms with van der Waals surface area (Å²) in [7, 11) is 1.58. The summed E-state index contributed by atoms with van der Waals surface area (Å²) in [5, 5.41) is 0. The minimum Gasteiger partial charge on any atom is -0.399 e. The van der Waals surface area contributed by atoms with Crippen molar-refractivity contribution in [3.05, 3.63) is 29.6 Å². The summed E-state index contributed by atoms with van der Waals surface area (Å²) in [5.74, 6) is -0.725. The van der Waals surface area contributed by atoms with Gasteiger partial charge in [0, 0.05) is 30.9 Å². The topological polar surface area (TPSA) is 55.6 Å². The van der Waals surface area contributed by atoms with Crippen LogP contribution in [0.4, 0.5) is 10.1 Å². The van der Waals surface area contributed by atoms with Crippen LogP contribution in [-0.4, -0.2) is 37.1 Å². The molecular weight excluding hydrogens is 247 g/mol. The summed E-state index contributed by atoms with van der Waals surface area (Å²) in [6.45, 7) is 4.87. The number of carbonyl (C=O) groups is 1. The molecule has 0 aliphatic heterocycles. The van der Waals surface area contributed by atoms with Crippen molar-refractivity contribution in [2.45, 2.75) is 26.3 Å². The number of halogens is 1. The van der Waals surface area contributed by atoms with Gasteiger partial charge in [-0.3, -0.25) is 4.79 Å². The SMILES string of the molecule is CCC(C)N(CCOC)C(=O)c1cc(N)cc(F)c1. The first-order valence-corrected chi connectivity index (χ1v) is 6.35. The molecule has 0 bridgehead atoms. The molecule has 1 aromatic rings. The quantitative estimate of drug-likeness (QED) is 0.805. The van der Waals surface area contributed by atoms with Crippen LogP contribution in [0.2, 0.25) is 0 Å². The van der Waals surface area contributed by atoms with Gasteiger partial charge in [-0.25, -0.2) is 4.39 Å². The molecule has 4 nitrogen and oxygen atoms in total. The first-order valence-electron chi connectivity index (χ1n) is 6.35. The number of nitrogens with zero attached hydrogens (tertiary/aromatic N) is 1. The highest BCUT2D eigenvalue weighted by atomic mass is 19.1. The Morgan fingerprint density at radius 1 is 1.47 bits per heavy atom. The van der Waals surface area contributed by atoms with E-state index in [1.165, 1.54) is 18.2 Å². The van der Waals surface area contributed by atoms with Gasteiger partial charge in [-0.2, -0.15) is 0 Å². The van der Waals surface area contributed by atoms with E-state index < -0.39 is 5.82 Å². The van der Waals surface area contributed by atoms with E-state index in [1.807, 2.05) is 13.8 Å². The van der Waals surface area contributed by atoms with Crippen molar-refractivity contribution in [1.29, 1.82) is 0 Å². The zero-order valence-electron chi connectivity index (χ0n) is 11.6. The van der Waals surface area contributed by atoms with Gasteiger partial charge >= 0.3 is 0 Å². The minimum absolute atomic E-state index is 0.0622. The lowest BCUT2D eigenvalue weighted by atomic mass is 10.1. The molecule has 0 fully saturated rings. The van der Waals surface area contributed by atoms with Crippen LogP contribution in [0.15, 0.2) is 18.2 Å². The van der Waals surface area contributed by atoms with Crippen LogP contribution in [0.3, 0.4) is 0 Å². The highest BCUT2D eigenvalue weighted by Gasteiger charge is 2.20. The number of anilines is 1. The molecule has 1 aromatic carbocycles. The Labute approximate surface area is 113 Å². The van der Waals surface area contributed by atoms with Crippen LogP contribution in [-0.2, 0) is 4.74 Å². The van der Waals surface area contributed by atoms with Gasteiger partial charge in [0.25, 0.3) is 5.91 Å². The molecule has 0 saturated heterocycles. The lowest BCUT2D eigenvalue weighted by Crippen LogP contribution is -2.40. The summed E-state index contributed by atoms with van der Waals surface area (Å²) in [4.78, 5) is 14.1. The third kappa shape index (κ3) is 4.21. The molecule has 1 atom stereocenters. The summed E-state index contributed by atoms with van der Waals surface area (Å²) in [6.07, 6.45) is 0.820. The summed E-state index contributed by atoms with van der Waals surface area (Å²) < 4.78 is 18.3. The highest BCUT2D eigenvalue weighted by Crippen LogP contribution is 2.15. The number of benzene rings is 1. The van der Waals surface area contributed by atoms with Crippen LogP contribution in [0.1, 0.15) is 30.6 Å². The van der Waals surface area contributed by atoms with Gasteiger partial charge in [-0.05, 0) is 31.5 Å². The van der Waals surface area contributed by atoms with Crippen LogP contribution in [0.5, 0.6) is 0 Å². The van der Waals surface area contributed by atoms with Crippen LogP contribution >= 0.6 is 0 Å². The molecule has 0 spiro atoms. The van der Waals surface area contributed by atoms with Gasteiger partial charge in [0.15, 0.2) is 0 Å². The zero-order valence-corrected chi connectivity index (χ0v) is 11.6. The van der Waals surface area contributed by atoms with E-state index in [9.17, 15) is 9.18 Å². The lowest BCUT2D eigenvalue weighted by Gasteiger charge is -2.28. The molecule has 0 aromatic heterocycles. The van der Waals surface area contributed by atoms with Gasteiger partial charge in [-0.15, -0.1) is 0 Å². The number of carbonyl (C=O) groups excluding carboxylic acids is 1. The van der Waals surface area contributed by atoms with E-state index in [0.29, 0.717) is 13.2 Å². The molecule has 106 valence electrons. The average molecular weight is 268 g/mol. The Morgan fingerprint density at radius 3 is 2.68 bits per heavy atom. The molecule has 2 N–H and O–H groups in total. The van der Waals surface area contributed by atoms with E-state index >= 15 is 0 Å². The minimum atomic E-state index is -0.501. The third-order valence-corrected chi connectivity index (χ3v) is 3.09. The van der Waals surface area contributed by atoms with Crippen molar-refractivity contribution in [1.82, 2.24) is 4.90 Å². The van der Waals surface area contributed by atoms with Gasteiger partial charge in [0.2, 0.25) is 0 Å². The Hall–Kier alpha value is -1.62. The molecule has 1 unspecified atom stereocenters. The normalized spacial score (nSPS) is 12.2. The largest absolute Gasteiger partial charge is 0.399 e. The lowest BCUT2D eigenvalue weighted by molar-refractivity contribution is 0.0613. The maximum Gasteiger partial charge on any atom is 0.254 e. The molecule has 1 amide bonds. The number of hydrogen-bond donors (Lipinski definition) is 1. The Balaban J connectivity index is 2.97. The fourth-order valence-electron chi connectivity index (χ4n) is 1.83. The van der Waals surface area contributed by atoms with Crippen molar-refractivity contribution in [3.8, 4) is 0 Å². The van der Waals surface area contributed by atoms with Crippen molar-refractivity contribution in [2.24, 2.45) is 0 Å². The maximum atomic E-state index is 13.3. The number of ether oxygens (including phenoxy) is 1. The fraction of sp³-hybridized carbons (Fsp3) is 0.500. The van der Waals surface area contributed by atoms with Crippen LogP contribution in [0.25, 0.3) is 0 Å². The third-order valence-electron chi connectivity index (χ3n) is 3.09. The Kier molecular flexibility index (Phi) is 5.76. The van der Waals surface area contributed by atoms with E-state index in [-0.39, 0.29) is 23.2 Å². The molecular formula is C14H21FN2O2. The number of nitrogens with two attached hydrogens (primary N) is 1. The van der Waals surface area contributed by atoms with Crippen molar-refractivity contribution in [2.75, 3.05) is 26.0 Å². The molecule has 19 heavy (non-hydrogen) atoms. The predicted molar refractivity (Wildman–Crippen MR) is 73.5 cm³/mol. The van der Waals surface area contributed by atoms with E-state index in [4.69, 9.17) is 10.5 Å². The number of nitrogen functional groups attached to an aromatic ring is 1.